The molecule has 0 saturated heterocycles. The van der Waals surface area contributed by atoms with Crippen LogP contribution in [0.1, 0.15) is 31.1 Å². The van der Waals surface area contributed by atoms with Crippen molar-refractivity contribution in [1.82, 2.24) is 4.98 Å². The number of carbonyl (C=O) groups is 1. The van der Waals surface area contributed by atoms with Gasteiger partial charge in [0.1, 0.15) is 17.0 Å². The van der Waals surface area contributed by atoms with Crippen molar-refractivity contribution in [3.63, 3.8) is 0 Å². The summed E-state index contributed by atoms with van der Waals surface area (Å²) in [5.74, 6) is -2.78. The number of anilines is 1. The smallest absolute Gasteiger partial charge is 0.342 e. The Morgan fingerprint density at radius 3 is 2.33 bits per heavy atom. The first-order valence-electron chi connectivity index (χ1n) is 5.96. The minimum Gasteiger partial charge on any atom is -0.456 e. The summed E-state index contributed by atoms with van der Waals surface area (Å²) in [5, 5.41) is 0.277. The molecule has 0 radical (unpaired) electrons. The maximum Gasteiger partial charge on any atom is 0.342 e. The van der Waals surface area contributed by atoms with Gasteiger partial charge in [-0.05, 0) is 32.9 Å². The standard InChI is InChI=1S/C14H14F2N2O2.ClH/c1-14(2,3)20-13(19)8-4-7-5-9(15)10(16)6-11(7)18-12(8)17;/h4-6H,1-3H3,(H2,17,18);1H. The van der Waals surface area contributed by atoms with Crippen LogP contribution in [-0.4, -0.2) is 16.6 Å². The van der Waals surface area contributed by atoms with E-state index in [-0.39, 0.29) is 34.7 Å². The Kier molecular flexibility index (Phi) is 4.73. The summed E-state index contributed by atoms with van der Waals surface area (Å²) >= 11 is 0. The van der Waals surface area contributed by atoms with Crippen LogP contribution in [0, 0.1) is 11.6 Å². The van der Waals surface area contributed by atoms with Gasteiger partial charge in [0.05, 0.1) is 5.52 Å². The molecule has 0 unspecified atom stereocenters. The zero-order chi connectivity index (χ0) is 15.1. The van der Waals surface area contributed by atoms with Gasteiger partial charge < -0.3 is 10.5 Å². The molecular weight excluding hydrogens is 302 g/mol. The van der Waals surface area contributed by atoms with E-state index in [1.165, 1.54) is 6.07 Å². The van der Waals surface area contributed by atoms with E-state index in [4.69, 9.17) is 10.5 Å². The van der Waals surface area contributed by atoms with E-state index < -0.39 is 23.2 Å². The van der Waals surface area contributed by atoms with E-state index >= 15 is 0 Å². The second-order valence-corrected chi connectivity index (χ2v) is 5.38. The number of hydrogen-bond donors (Lipinski definition) is 1. The molecule has 21 heavy (non-hydrogen) atoms. The molecule has 0 aliphatic carbocycles. The fourth-order valence-corrected chi connectivity index (χ4v) is 1.68. The number of carbonyl (C=O) groups excluding carboxylic acids is 1. The summed E-state index contributed by atoms with van der Waals surface area (Å²) in [7, 11) is 0. The summed E-state index contributed by atoms with van der Waals surface area (Å²) in [6, 6.07) is 3.24. The van der Waals surface area contributed by atoms with Crippen molar-refractivity contribution in [3.8, 4) is 0 Å². The van der Waals surface area contributed by atoms with E-state index in [2.05, 4.69) is 4.98 Å². The third kappa shape index (κ3) is 3.78. The van der Waals surface area contributed by atoms with E-state index in [1.54, 1.807) is 20.8 Å². The minimum atomic E-state index is -1.02. The number of nitrogens with two attached hydrogens (primary N) is 1. The molecule has 1 aromatic carbocycles. The second-order valence-electron chi connectivity index (χ2n) is 5.38. The average molecular weight is 317 g/mol. The largest absolute Gasteiger partial charge is 0.456 e. The second kappa shape index (κ2) is 5.81. The van der Waals surface area contributed by atoms with E-state index in [0.29, 0.717) is 0 Å². The molecule has 0 aliphatic heterocycles. The lowest BCUT2D eigenvalue weighted by molar-refractivity contribution is 0.00706. The van der Waals surface area contributed by atoms with Crippen molar-refractivity contribution in [3.05, 3.63) is 35.4 Å². The number of nitrogens with zero attached hydrogens (tertiary/aromatic N) is 1. The van der Waals surface area contributed by atoms with Crippen molar-refractivity contribution in [2.45, 2.75) is 26.4 Å². The van der Waals surface area contributed by atoms with Crippen LogP contribution in [0.4, 0.5) is 14.6 Å². The SMILES string of the molecule is CC(C)(C)OC(=O)c1cc2cc(F)c(F)cc2nc1N.Cl. The molecule has 0 aliphatic rings. The molecule has 1 aromatic heterocycles. The van der Waals surface area contributed by atoms with Gasteiger partial charge in [-0.25, -0.2) is 18.6 Å². The molecule has 0 spiro atoms. The van der Waals surface area contributed by atoms with Gasteiger partial charge >= 0.3 is 5.97 Å². The minimum absolute atomic E-state index is 0. The Bertz CT molecular complexity index is 699. The number of benzene rings is 1. The lowest BCUT2D eigenvalue weighted by Gasteiger charge is -2.20. The predicted octanol–water partition coefficient (Wildman–Crippen LogP) is 3.47. The Morgan fingerprint density at radius 2 is 1.76 bits per heavy atom. The highest BCUT2D eigenvalue weighted by molar-refractivity contribution is 5.98. The van der Waals surface area contributed by atoms with Crippen LogP contribution in [-0.2, 0) is 4.74 Å². The summed E-state index contributed by atoms with van der Waals surface area (Å²) in [4.78, 5) is 15.9. The van der Waals surface area contributed by atoms with Gasteiger partial charge in [0.25, 0.3) is 0 Å². The molecule has 2 N–H and O–H groups in total. The van der Waals surface area contributed by atoms with Gasteiger partial charge in [-0.15, -0.1) is 12.4 Å². The average Bonchev–Trinajstić information content (AvgIpc) is 2.28. The molecule has 0 fully saturated rings. The third-order valence-electron chi connectivity index (χ3n) is 2.51. The number of esters is 1. The number of pyridine rings is 1. The summed E-state index contributed by atoms with van der Waals surface area (Å²) in [5.41, 5.74) is 5.18. The zero-order valence-electron chi connectivity index (χ0n) is 11.7. The Labute approximate surface area is 126 Å². The van der Waals surface area contributed by atoms with Crippen LogP contribution in [0.3, 0.4) is 0 Å². The van der Waals surface area contributed by atoms with Crippen molar-refractivity contribution in [2.24, 2.45) is 0 Å². The molecule has 2 aromatic rings. The number of nitrogen functional groups attached to an aromatic ring is 1. The normalized spacial score (nSPS) is 11.1. The monoisotopic (exact) mass is 316 g/mol. The quantitative estimate of drug-likeness (QED) is 0.818. The van der Waals surface area contributed by atoms with Crippen molar-refractivity contribution in [1.29, 1.82) is 0 Å². The molecule has 1 heterocycles. The van der Waals surface area contributed by atoms with Gasteiger partial charge in [0.15, 0.2) is 11.6 Å². The summed E-state index contributed by atoms with van der Waals surface area (Å²) in [6.07, 6.45) is 0. The van der Waals surface area contributed by atoms with Crippen molar-refractivity contribution >= 4 is 35.1 Å². The fourth-order valence-electron chi connectivity index (χ4n) is 1.68. The highest BCUT2D eigenvalue weighted by Gasteiger charge is 2.21. The molecule has 0 amide bonds. The summed E-state index contributed by atoms with van der Waals surface area (Å²) in [6.45, 7) is 5.14. The number of ether oxygens (including phenoxy) is 1. The van der Waals surface area contributed by atoms with Gasteiger partial charge in [-0.2, -0.15) is 0 Å². The van der Waals surface area contributed by atoms with E-state index in [9.17, 15) is 13.6 Å². The number of fused-ring (bicyclic) bond motifs is 1. The topological polar surface area (TPSA) is 65.2 Å². The maximum absolute atomic E-state index is 13.2. The predicted molar refractivity (Wildman–Crippen MR) is 78.5 cm³/mol. The van der Waals surface area contributed by atoms with Crippen LogP contribution in [0.15, 0.2) is 18.2 Å². The first kappa shape index (κ1) is 17.1. The van der Waals surface area contributed by atoms with Crippen LogP contribution >= 0.6 is 12.4 Å². The summed E-state index contributed by atoms with van der Waals surface area (Å²) < 4.78 is 31.5. The maximum atomic E-state index is 13.2. The van der Waals surface area contributed by atoms with Crippen LogP contribution in [0.25, 0.3) is 10.9 Å². The number of halogens is 3. The zero-order valence-corrected chi connectivity index (χ0v) is 12.6. The lowest BCUT2D eigenvalue weighted by atomic mass is 10.1. The van der Waals surface area contributed by atoms with Crippen molar-refractivity contribution in [2.75, 3.05) is 5.73 Å². The molecular formula is C14H15ClF2N2O2. The van der Waals surface area contributed by atoms with E-state index in [1.807, 2.05) is 0 Å². The molecule has 0 atom stereocenters. The third-order valence-corrected chi connectivity index (χ3v) is 2.51. The Hall–Kier alpha value is -1.95. The number of aromatic nitrogens is 1. The first-order valence-corrected chi connectivity index (χ1v) is 5.96. The van der Waals surface area contributed by atoms with Crippen LogP contribution in [0.5, 0.6) is 0 Å². The Balaban J connectivity index is 0.00000220. The molecule has 114 valence electrons. The van der Waals surface area contributed by atoms with Crippen LogP contribution in [0.2, 0.25) is 0 Å². The van der Waals surface area contributed by atoms with E-state index in [0.717, 1.165) is 12.1 Å². The van der Waals surface area contributed by atoms with Crippen LogP contribution < -0.4 is 5.73 Å². The highest BCUT2D eigenvalue weighted by Crippen LogP contribution is 2.23. The fraction of sp³-hybridized carbons (Fsp3) is 0.286. The van der Waals surface area contributed by atoms with Gasteiger partial charge in [0, 0.05) is 11.5 Å². The number of rotatable bonds is 1. The molecule has 4 nitrogen and oxygen atoms in total. The Morgan fingerprint density at radius 1 is 1.19 bits per heavy atom. The molecule has 2 rings (SSSR count). The van der Waals surface area contributed by atoms with Gasteiger partial charge in [0.2, 0.25) is 0 Å². The first-order chi connectivity index (χ1) is 9.17. The van der Waals surface area contributed by atoms with Gasteiger partial charge in [-0.1, -0.05) is 0 Å². The molecule has 0 saturated carbocycles. The highest BCUT2D eigenvalue weighted by atomic mass is 35.5. The van der Waals surface area contributed by atoms with Gasteiger partial charge in [-0.3, -0.25) is 0 Å². The molecule has 7 heteroatoms. The number of hydrogen-bond acceptors (Lipinski definition) is 4. The van der Waals surface area contributed by atoms with Crippen molar-refractivity contribution < 1.29 is 18.3 Å². The molecule has 0 bridgehead atoms. The lowest BCUT2D eigenvalue weighted by Crippen LogP contribution is -2.24.